The second-order valence-electron chi connectivity index (χ2n) is 4.66. The minimum atomic E-state index is 0.710. The minimum Gasteiger partial charge on any atom is -0.316 e. The summed E-state index contributed by atoms with van der Waals surface area (Å²) in [5.41, 5.74) is 0. The summed E-state index contributed by atoms with van der Waals surface area (Å²) >= 11 is 0. The van der Waals surface area contributed by atoms with E-state index in [4.69, 9.17) is 0 Å². The maximum absolute atomic E-state index is 3.64. The number of nitrogens with one attached hydrogen (secondary N) is 2. The smallest absolute Gasteiger partial charge is 0.00388 e. The van der Waals surface area contributed by atoms with Crippen molar-refractivity contribution in [3.8, 4) is 0 Å². The summed E-state index contributed by atoms with van der Waals surface area (Å²) in [6, 6.07) is 0.710. The third-order valence-electron chi connectivity index (χ3n) is 3.16. The van der Waals surface area contributed by atoms with Gasteiger partial charge in [0.2, 0.25) is 0 Å². The van der Waals surface area contributed by atoms with Crippen LogP contribution in [-0.4, -0.2) is 25.7 Å². The molecule has 0 aliphatic carbocycles. The van der Waals surface area contributed by atoms with Crippen molar-refractivity contribution in [3.05, 3.63) is 0 Å². The molecule has 0 spiro atoms. The van der Waals surface area contributed by atoms with E-state index < -0.39 is 0 Å². The van der Waals surface area contributed by atoms with Crippen LogP contribution in [0.25, 0.3) is 0 Å². The second kappa shape index (κ2) is 7.24. The summed E-state index contributed by atoms with van der Waals surface area (Å²) in [5.74, 6) is 0.878. The molecule has 1 rings (SSSR count). The van der Waals surface area contributed by atoms with Crippen molar-refractivity contribution in [2.45, 2.75) is 52.0 Å². The highest BCUT2D eigenvalue weighted by Crippen LogP contribution is 2.07. The zero-order chi connectivity index (χ0) is 10.2. The number of unbranched alkanes of at least 4 members (excludes halogenated alkanes) is 2. The molecule has 1 saturated heterocycles. The molecule has 84 valence electrons. The van der Waals surface area contributed by atoms with E-state index in [1.807, 2.05) is 0 Å². The first-order valence-corrected chi connectivity index (χ1v) is 6.27. The van der Waals surface area contributed by atoms with Crippen LogP contribution in [0.4, 0.5) is 0 Å². The van der Waals surface area contributed by atoms with E-state index in [0.717, 1.165) is 5.92 Å². The molecule has 2 nitrogen and oxygen atoms in total. The topological polar surface area (TPSA) is 24.1 Å². The third kappa shape index (κ3) is 4.97. The zero-order valence-electron chi connectivity index (χ0n) is 9.81. The lowest BCUT2D eigenvalue weighted by atomic mass is 10.1. The Labute approximate surface area is 88.8 Å². The van der Waals surface area contributed by atoms with Gasteiger partial charge < -0.3 is 10.6 Å². The molecule has 2 heteroatoms. The Balaban J connectivity index is 1.93. The van der Waals surface area contributed by atoms with Gasteiger partial charge >= 0.3 is 0 Å². The maximum atomic E-state index is 3.64. The van der Waals surface area contributed by atoms with E-state index in [9.17, 15) is 0 Å². The lowest BCUT2D eigenvalue weighted by molar-refractivity contribution is 0.433. The molecule has 2 unspecified atom stereocenters. The Morgan fingerprint density at radius 3 is 2.93 bits per heavy atom. The van der Waals surface area contributed by atoms with Gasteiger partial charge in [-0.1, -0.05) is 26.2 Å². The van der Waals surface area contributed by atoms with Gasteiger partial charge in [-0.2, -0.15) is 0 Å². The molecule has 0 bridgehead atoms. The van der Waals surface area contributed by atoms with E-state index in [1.54, 1.807) is 0 Å². The molecule has 0 saturated carbocycles. The second-order valence-corrected chi connectivity index (χ2v) is 4.66. The molecular weight excluding hydrogens is 172 g/mol. The number of rotatable bonds is 7. The van der Waals surface area contributed by atoms with Crippen molar-refractivity contribution in [1.82, 2.24) is 10.6 Å². The molecule has 0 amide bonds. The Hall–Kier alpha value is -0.0800. The predicted molar refractivity (Wildman–Crippen MR) is 62.6 cm³/mol. The van der Waals surface area contributed by atoms with Crippen molar-refractivity contribution in [1.29, 1.82) is 0 Å². The van der Waals surface area contributed by atoms with Crippen LogP contribution in [0.2, 0.25) is 0 Å². The Morgan fingerprint density at radius 2 is 2.29 bits per heavy atom. The summed E-state index contributed by atoms with van der Waals surface area (Å²) < 4.78 is 0. The van der Waals surface area contributed by atoms with Crippen molar-refractivity contribution in [3.63, 3.8) is 0 Å². The Morgan fingerprint density at radius 1 is 1.43 bits per heavy atom. The largest absolute Gasteiger partial charge is 0.316 e. The van der Waals surface area contributed by atoms with Crippen LogP contribution in [-0.2, 0) is 0 Å². The molecule has 1 heterocycles. The van der Waals surface area contributed by atoms with Crippen LogP contribution in [0.1, 0.15) is 46.0 Å². The SMILES string of the molecule is CCCCCC(C)NCC1CCNC1. The van der Waals surface area contributed by atoms with E-state index in [0.29, 0.717) is 6.04 Å². The van der Waals surface area contributed by atoms with Gasteiger partial charge in [0, 0.05) is 6.04 Å². The van der Waals surface area contributed by atoms with Crippen LogP contribution in [0.5, 0.6) is 0 Å². The van der Waals surface area contributed by atoms with Gasteiger partial charge in [0.25, 0.3) is 0 Å². The van der Waals surface area contributed by atoms with E-state index in [-0.39, 0.29) is 0 Å². The molecule has 2 atom stereocenters. The third-order valence-corrected chi connectivity index (χ3v) is 3.16. The molecule has 14 heavy (non-hydrogen) atoms. The average Bonchev–Trinajstić information content (AvgIpc) is 2.68. The summed E-state index contributed by atoms with van der Waals surface area (Å²) in [6.45, 7) is 8.23. The van der Waals surface area contributed by atoms with Gasteiger partial charge in [0.05, 0.1) is 0 Å². The normalized spacial score (nSPS) is 24.0. The molecule has 0 radical (unpaired) electrons. The quantitative estimate of drug-likeness (QED) is 0.613. The zero-order valence-corrected chi connectivity index (χ0v) is 9.81. The van der Waals surface area contributed by atoms with Crippen LogP contribution < -0.4 is 10.6 Å². The van der Waals surface area contributed by atoms with Gasteiger partial charge in [0.1, 0.15) is 0 Å². The fraction of sp³-hybridized carbons (Fsp3) is 1.00. The summed E-state index contributed by atoms with van der Waals surface area (Å²) in [6.07, 6.45) is 6.80. The van der Waals surface area contributed by atoms with Gasteiger partial charge in [-0.3, -0.25) is 0 Å². The molecule has 1 aliphatic rings. The van der Waals surface area contributed by atoms with E-state index in [2.05, 4.69) is 24.5 Å². The predicted octanol–water partition coefficient (Wildman–Crippen LogP) is 2.15. The molecule has 1 fully saturated rings. The Bertz CT molecular complexity index is 130. The fourth-order valence-electron chi connectivity index (χ4n) is 2.06. The maximum Gasteiger partial charge on any atom is 0.00388 e. The first kappa shape index (κ1) is 12.0. The molecular formula is C12H26N2. The van der Waals surface area contributed by atoms with Crippen LogP contribution in [0, 0.1) is 5.92 Å². The Kier molecular flexibility index (Phi) is 6.20. The van der Waals surface area contributed by atoms with Crippen molar-refractivity contribution < 1.29 is 0 Å². The summed E-state index contributed by atoms with van der Waals surface area (Å²) in [4.78, 5) is 0. The highest BCUT2D eigenvalue weighted by Gasteiger charge is 2.14. The van der Waals surface area contributed by atoms with Gasteiger partial charge in [-0.05, 0) is 45.3 Å². The highest BCUT2D eigenvalue weighted by atomic mass is 15.0. The summed E-state index contributed by atoms with van der Waals surface area (Å²) in [5, 5.41) is 7.05. The molecule has 0 aromatic heterocycles. The molecule has 0 aromatic rings. The summed E-state index contributed by atoms with van der Waals surface area (Å²) in [7, 11) is 0. The van der Waals surface area contributed by atoms with Crippen molar-refractivity contribution >= 4 is 0 Å². The fourth-order valence-corrected chi connectivity index (χ4v) is 2.06. The lowest BCUT2D eigenvalue weighted by Crippen LogP contribution is -2.31. The average molecular weight is 198 g/mol. The van der Waals surface area contributed by atoms with Crippen molar-refractivity contribution in [2.24, 2.45) is 5.92 Å². The molecule has 2 N–H and O–H groups in total. The number of hydrogen-bond donors (Lipinski definition) is 2. The van der Waals surface area contributed by atoms with Crippen molar-refractivity contribution in [2.75, 3.05) is 19.6 Å². The highest BCUT2D eigenvalue weighted by molar-refractivity contribution is 4.74. The van der Waals surface area contributed by atoms with E-state index in [1.165, 1.54) is 51.7 Å². The molecule has 0 aromatic carbocycles. The number of hydrogen-bond acceptors (Lipinski definition) is 2. The lowest BCUT2D eigenvalue weighted by Gasteiger charge is -2.16. The van der Waals surface area contributed by atoms with Gasteiger partial charge in [-0.25, -0.2) is 0 Å². The van der Waals surface area contributed by atoms with Gasteiger partial charge in [-0.15, -0.1) is 0 Å². The van der Waals surface area contributed by atoms with Gasteiger partial charge in [0.15, 0.2) is 0 Å². The standard InChI is InChI=1S/C12H26N2/c1-3-4-5-6-11(2)14-10-12-7-8-13-9-12/h11-14H,3-10H2,1-2H3. The van der Waals surface area contributed by atoms with Crippen LogP contribution in [0.15, 0.2) is 0 Å². The first-order valence-electron chi connectivity index (χ1n) is 6.27. The minimum absolute atomic E-state index is 0.710. The first-order chi connectivity index (χ1) is 6.83. The van der Waals surface area contributed by atoms with Crippen LogP contribution in [0.3, 0.4) is 0 Å². The van der Waals surface area contributed by atoms with Crippen LogP contribution >= 0.6 is 0 Å². The van der Waals surface area contributed by atoms with E-state index >= 15 is 0 Å². The monoisotopic (exact) mass is 198 g/mol. The molecule has 1 aliphatic heterocycles.